The molecule has 0 saturated carbocycles. The second kappa shape index (κ2) is 11.4. The van der Waals surface area contributed by atoms with E-state index < -0.39 is 0 Å². The molecule has 0 amide bonds. The Morgan fingerprint density at radius 1 is 0.300 bits per heavy atom. The van der Waals surface area contributed by atoms with Gasteiger partial charge in [0.05, 0.1) is 0 Å². The third-order valence-corrected chi connectivity index (χ3v) is 9.37. The summed E-state index contributed by atoms with van der Waals surface area (Å²) in [5.41, 5.74) is 10.4. The highest BCUT2D eigenvalue weighted by Gasteiger charge is 2.19. The lowest BCUT2D eigenvalue weighted by atomic mass is 10.0. The minimum Gasteiger partial charge on any atom is -0.456 e. The minimum atomic E-state index is 0.565. The van der Waals surface area contributed by atoms with Gasteiger partial charge in [0, 0.05) is 38.2 Å². The van der Waals surface area contributed by atoms with Crippen molar-refractivity contribution in [2.45, 2.75) is 0 Å². The van der Waals surface area contributed by atoms with E-state index in [-0.39, 0.29) is 0 Å². The Labute approximate surface area is 287 Å². The van der Waals surface area contributed by atoms with Crippen LogP contribution in [-0.2, 0) is 0 Å². The van der Waals surface area contributed by atoms with Gasteiger partial charge < -0.3 is 8.83 Å². The Bertz CT molecular complexity index is 2850. The number of hydrogen-bond donors (Lipinski definition) is 0. The predicted molar refractivity (Wildman–Crippen MR) is 202 cm³/mol. The van der Waals surface area contributed by atoms with Gasteiger partial charge in [-0.1, -0.05) is 127 Å². The molecule has 5 nitrogen and oxygen atoms in total. The van der Waals surface area contributed by atoms with Crippen LogP contribution in [0.5, 0.6) is 0 Å². The maximum Gasteiger partial charge on any atom is 0.164 e. The van der Waals surface area contributed by atoms with Crippen LogP contribution in [0.25, 0.3) is 100 Å². The van der Waals surface area contributed by atoms with E-state index >= 15 is 0 Å². The molecule has 0 saturated heterocycles. The van der Waals surface area contributed by atoms with E-state index in [0.717, 1.165) is 82.8 Å². The lowest BCUT2D eigenvalue weighted by molar-refractivity contribution is 0.668. The molecule has 0 fully saturated rings. The molecule has 3 aromatic heterocycles. The first-order valence-electron chi connectivity index (χ1n) is 16.6. The lowest BCUT2D eigenvalue weighted by Gasteiger charge is -2.10. The van der Waals surface area contributed by atoms with Crippen molar-refractivity contribution in [3.05, 3.63) is 164 Å². The van der Waals surface area contributed by atoms with Gasteiger partial charge in [0.15, 0.2) is 17.5 Å². The zero-order chi connectivity index (χ0) is 33.0. The molecular formula is C45H27N3O2. The molecule has 10 aromatic rings. The average molecular weight is 642 g/mol. The Kier molecular flexibility index (Phi) is 6.42. The van der Waals surface area contributed by atoms with Crippen molar-refractivity contribution in [2.24, 2.45) is 0 Å². The SMILES string of the molecule is c1ccc(-c2ccc(-c3nc(-c4ccc5c(c4)oc4ccccc45)nc(-c4cccc5oc6cc(-c7ccccc7)ccc6c45)n3)cc2)cc1. The molecule has 0 aliphatic rings. The molecule has 0 aliphatic carbocycles. The zero-order valence-corrected chi connectivity index (χ0v) is 26.7. The van der Waals surface area contributed by atoms with Crippen LogP contribution in [0.4, 0.5) is 0 Å². The smallest absolute Gasteiger partial charge is 0.164 e. The van der Waals surface area contributed by atoms with E-state index in [1.807, 2.05) is 60.7 Å². The monoisotopic (exact) mass is 641 g/mol. The van der Waals surface area contributed by atoms with Crippen molar-refractivity contribution in [3.8, 4) is 56.4 Å². The van der Waals surface area contributed by atoms with Crippen LogP contribution >= 0.6 is 0 Å². The molecule has 234 valence electrons. The van der Waals surface area contributed by atoms with Crippen LogP contribution in [-0.4, -0.2) is 15.0 Å². The standard InChI is InChI=1S/C45H27N3O2/c1-3-10-28(11-4-1)30-18-20-31(21-19-30)43-46-44(33-23-24-35-34-14-7-8-16-38(34)49-40(35)27-33)48-45(47-43)37-15-9-17-39-42(37)36-25-22-32(26-41(36)50-39)29-12-5-2-6-13-29/h1-27H. The van der Waals surface area contributed by atoms with Gasteiger partial charge in [-0.05, 0) is 58.7 Å². The third kappa shape index (κ3) is 4.75. The first-order chi connectivity index (χ1) is 24.7. The van der Waals surface area contributed by atoms with Crippen LogP contribution in [0.15, 0.2) is 173 Å². The molecule has 0 bridgehead atoms. The minimum absolute atomic E-state index is 0.565. The van der Waals surface area contributed by atoms with Crippen molar-refractivity contribution in [1.82, 2.24) is 15.0 Å². The number of hydrogen-bond acceptors (Lipinski definition) is 5. The number of furan rings is 2. The maximum absolute atomic E-state index is 6.46. The van der Waals surface area contributed by atoms with E-state index in [1.54, 1.807) is 0 Å². The van der Waals surface area contributed by atoms with Gasteiger partial charge in [0.2, 0.25) is 0 Å². The summed E-state index contributed by atoms with van der Waals surface area (Å²) in [7, 11) is 0. The van der Waals surface area contributed by atoms with Crippen LogP contribution in [0.2, 0.25) is 0 Å². The van der Waals surface area contributed by atoms with Crippen molar-refractivity contribution in [1.29, 1.82) is 0 Å². The summed E-state index contributed by atoms with van der Waals surface area (Å²) in [6.07, 6.45) is 0. The number of nitrogens with zero attached hydrogens (tertiary/aromatic N) is 3. The van der Waals surface area contributed by atoms with E-state index in [2.05, 4.69) is 103 Å². The van der Waals surface area contributed by atoms with Gasteiger partial charge in [-0.15, -0.1) is 0 Å². The predicted octanol–water partition coefficient (Wildman–Crippen LogP) is 12.0. The number of aromatic nitrogens is 3. The molecule has 0 spiro atoms. The normalized spacial score (nSPS) is 11.6. The Hall–Kier alpha value is -6.85. The first-order valence-corrected chi connectivity index (χ1v) is 16.6. The average Bonchev–Trinajstić information content (AvgIpc) is 3.76. The van der Waals surface area contributed by atoms with Crippen molar-refractivity contribution in [3.63, 3.8) is 0 Å². The summed E-state index contributed by atoms with van der Waals surface area (Å²) in [5, 5.41) is 4.12. The molecule has 0 N–H and O–H groups in total. The molecule has 0 aliphatic heterocycles. The van der Waals surface area contributed by atoms with Gasteiger partial charge in [-0.2, -0.15) is 0 Å². The van der Waals surface area contributed by atoms with E-state index in [0.29, 0.717) is 17.5 Å². The van der Waals surface area contributed by atoms with Gasteiger partial charge in [-0.25, -0.2) is 15.0 Å². The summed E-state index contributed by atoms with van der Waals surface area (Å²) >= 11 is 0. The Balaban J connectivity index is 1.16. The van der Waals surface area contributed by atoms with Gasteiger partial charge in [0.1, 0.15) is 22.3 Å². The van der Waals surface area contributed by atoms with Crippen LogP contribution in [0.1, 0.15) is 0 Å². The number of para-hydroxylation sites is 1. The fourth-order valence-electron chi connectivity index (χ4n) is 6.88. The van der Waals surface area contributed by atoms with Crippen LogP contribution < -0.4 is 0 Å². The van der Waals surface area contributed by atoms with Gasteiger partial charge in [-0.3, -0.25) is 0 Å². The first kappa shape index (κ1) is 28.2. The third-order valence-electron chi connectivity index (χ3n) is 9.37. The number of benzene rings is 7. The highest BCUT2D eigenvalue weighted by atomic mass is 16.3. The highest BCUT2D eigenvalue weighted by molar-refractivity contribution is 6.12. The molecule has 0 unspecified atom stereocenters. The molecule has 5 heteroatoms. The molecule has 10 rings (SSSR count). The highest BCUT2D eigenvalue weighted by Crippen LogP contribution is 2.39. The molecule has 0 radical (unpaired) electrons. The summed E-state index contributed by atoms with van der Waals surface area (Å²) in [6, 6.07) is 55.8. The largest absolute Gasteiger partial charge is 0.456 e. The summed E-state index contributed by atoms with van der Waals surface area (Å²) in [5.74, 6) is 1.73. The Morgan fingerprint density at radius 3 is 1.60 bits per heavy atom. The molecule has 7 aromatic carbocycles. The topological polar surface area (TPSA) is 65.0 Å². The van der Waals surface area contributed by atoms with E-state index in [1.165, 1.54) is 0 Å². The van der Waals surface area contributed by atoms with Crippen molar-refractivity contribution in [2.75, 3.05) is 0 Å². The van der Waals surface area contributed by atoms with Gasteiger partial charge >= 0.3 is 0 Å². The quantitative estimate of drug-likeness (QED) is 0.187. The second-order valence-corrected chi connectivity index (χ2v) is 12.4. The van der Waals surface area contributed by atoms with E-state index in [4.69, 9.17) is 23.8 Å². The summed E-state index contributed by atoms with van der Waals surface area (Å²) in [6.45, 7) is 0. The zero-order valence-electron chi connectivity index (χ0n) is 26.7. The summed E-state index contributed by atoms with van der Waals surface area (Å²) in [4.78, 5) is 15.3. The van der Waals surface area contributed by atoms with Gasteiger partial charge in [0.25, 0.3) is 0 Å². The fraction of sp³-hybridized carbons (Fsp3) is 0. The maximum atomic E-state index is 6.46. The number of fused-ring (bicyclic) bond motifs is 6. The van der Waals surface area contributed by atoms with Crippen molar-refractivity contribution >= 4 is 43.9 Å². The summed E-state index contributed by atoms with van der Waals surface area (Å²) < 4.78 is 12.7. The Morgan fingerprint density at radius 2 is 0.800 bits per heavy atom. The van der Waals surface area contributed by atoms with Crippen LogP contribution in [0, 0.1) is 0 Å². The molecular weight excluding hydrogens is 615 g/mol. The van der Waals surface area contributed by atoms with E-state index in [9.17, 15) is 0 Å². The molecule has 0 atom stereocenters. The fourth-order valence-corrected chi connectivity index (χ4v) is 6.88. The van der Waals surface area contributed by atoms with Crippen molar-refractivity contribution < 1.29 is 8.83 Å². The second-order valence-electron chi connectivity index (χ2n) is 12.4. The lowest BCUT2D eigenvalue weighted by Crippen LogP contribution is -2.00. The van der Waals surface area contributed by atoms with Crippen LogP contribution in [0.3, 0.4) is 0 Å². The molecule has 3 heterocycles. The number of rotatable bonds is 5. The molecule has 50 heavy (non-hydrogen) atoms.